The molecule has 2 atom stereocenters. The summed E-state index contributed by atoms with van der Waals surface area (Å²) in [6, 6.07) is 6.90. The second kappa shape index (κ2) is 10.1. The van der Waals surface area contributed by atoms with E-state index in [1.807, 2.05) is 23.0 Å². The van der Waals surface area contributed by atoms with Gasteiger partial charge in [0.05, 0.1) is 35.6 Å². The fourth-order valence-corrected chi connectivity index (χ4v) is 5.75. The highest BCUT2D eigenvalue weighted by Crippen LogP contribution is 2.45. The summed E-state index contributed by atoms with van der Waals surface area (Å²) in [5, 5.41) is 17.8. The van der Waals surface area contributed by atoms with E-state index in [1.54, 1.807) is 19.4 Å². The number of hydrogen-bond acceptors (Lipinski definition) is 8. The number of halogens is 1. The van der Waals surface area contributed by atoms with Crippen molar-refractivity contribution in [2.45, 2.75) is 56.2 Å². The van der Waals surface area contributed by atoms with Crippen LogP contribution in [-0.2, 0) is 9.53 Å². The van der Waals surface area contributed by atoms with E-state index < -0.39 is 17.5 Å². The zero-order valence-electron chi connectivity index (χ0n) is 22.2. The number of nitrogens with one attached hydrogen (secondary N) is 2. The van der Waals surface area contributed by atoms with Gasteiger partial charge >= 0.3 is 0 Å². The van der Waals surface area contributed by atoms with Crippen LogP contribution in [0.25, 0.3) is 5.57 Å². The van der Waals surface area contributed by atoms with E-state index in [4.69, 9.17) is 15.2 Å². The van der Waals surface area contributed by atoms with Crippen molar-refractivity contribution in [1.29, 1.82) is 0 Å². The maximum Gasteiger partial charge on any atom is 0.271 e. The molecule has 11 nitrogen and oxygen atoms in total. The second-order valence-corrected chi connectivity index (χ2v) is 10.7. The van der Waals surface area contributed by atoms with Gasteiger partial charge in [-0.1, -0.05) is 16.8 Å². The average molecular weight is 549 g/mol. The van der Waals surface area contributed by atoms with Crippen LogP contribution < -0.4 is 21.1 Å². The van der Waals surface area contributed by atoms with Crippen LogP contribution >= 0.6 is 0 Å². The largest absolute Gasteiger partial charge is 0.494 e. The Balaban J connectivity index is 1.28. The topological polar surface area (TPSA) is 144 Å². The zero-order chi connectivity index (χ0) is 27.9. The van der Waals surface area contributed by atoms with Crippen LogP contribution in [0.15, 0.2) is 35.6 Å². The van der Waals surface area contributed by atoms with Gasteiger partial charge < -0.3 is 25.8 Å². The molecule has 40 heavy (non-hydrogen) atoms. The Bertz CT molecular complexity index is 1460. The number of aromatic nitrogens is 2. The molecule has 1 spiro atoms. The number of alkyl halides is 1. The number of amides is 2. The van der Waals surface area contributed by atoms with Gasteiger partial charge in [0.1, 0.15) is 12.0 Å². The van der Waals surface area contributed by atoms with Crippen LogP contribution in [-0.4, -0.2) is 64.1 Å². The van der Waals surface area contributed by atoms with Gasteiger partial charge in [0.25, 0.3) is 11.8 Å². The highest BCUT2D eigenvalue weighted by atomic mass is 19.1. The SMILES string of the molecule is COc1c(Nc2cc(NC(=O)C3(F)CC3)nnc2C(N)=O)cccc1C1=C/[N+](=C/C2CCC[C@@]23CCCO3)N=C1. The molecule has 4 aliphatic rings. The van der Waals surface area contributed by atoms with Crippen LogP contribution in [0.2, 0.25) is 0 Å². The van der Waals surface area contributed by atoms with Gasteiger partial charge in [0.15, 0.2) is 23.4 Å². The molecule has 1 unspecified atom stereocenters. The molecule has 2 amide bonds. The standard InChI is InChI=1S/C28H30FN7O4/c1-39-24-19(17-14-31-36(15-17)16-18-5-3-8-28(18)9-4-12-40-28)6-2-7-20(24)32-21-13-22(34-35-23(21)25(30)37)33-26(38)27(29)10-11-27/h2,6-7,13-16,18H,3-5,8-12H2,1H3,(H3-,30,32,33,34,37,38)/p+1/b36-16-/t18?,28-/m1/s1. The molecule has 1 aromatic heterocycles. The molecular weight excluding hydrogens is 517 g/mol. The number of para-hydroxylation sites is 1. The number of nitrogens with two attached hydrogens (primary N) is 1. The zero-order valence-corrected chi connectivity index (χ0v) is 22.2. The van der Waals surface area contributed by atoms with Crippen molar-refractivity contribution in [3.63, 3.8) is 0 Å². The third-order valence-corrected chi connectivity index (χ3v) is 8.02. The lowest BCUT2D eigenvalue weighted by atomic mass is 9.89. The summed E-state index contributed by atoms with van der Waals surface area (Å²) in [5.41, 5.74) is 5.73. The fraction of sp³-hybridized carbons (Fsp3) is 0.429. The maximum atomic E-state index is 14.1. The van der Waals surface area contributed by atoms with Gasteiger partial charge in [-0.25, -0.2) is 4.39 Å². The van der Waals surface area contributed by atoms with Gasteiger partial charge in [-0.15, -0.1) is 10.2 Å². The highest BCUT2D eigenvalue weighted by molar-refractivity contribution is 6.12. The molecule has 3 fully saturated rings. The monoisotopic (exact) mass is 548 g/mol. The van der Waals surface area contributed by atoms with Crippen LogP contribution in [0.3, 0.4) is 0 Å². The van der Waals surface area contributed by atoms with E-state index in [1.165, 1.54) is 6.07 Å². The maximum absolute atomic E-state index is 14.1. The molecule has 6 rings (SSSR count). The minimum Gasteiger partial charge on any atom is -0.494 e. The summed E-state index contributed by atoms with van der Waals surface area (Å²) in [7, 11) is 1.54. The Morgan fingerprint density at radius 2 is 2.02 bits per heavy atom. The molecule has 2 saturated carbocycles. The second-order valence-electron chi connectivity index (χ2n) is 10.7. The van der Waals surface area contributed by atoms with Crippen molar-refractivity contribution in [3.8, 4) is 5.75 Å². The molecule has 1 aromatic carbocycles. The van der Waals surface area contributed by atoms with Crippen molar-refractivity contribution in [3.05, 3.63) is 41.7 Å². The molecule has 0 radical (unpaired) electrons. The van der Waals surface area contributed by atoms with E-state index in [0.717, 1.165) is 49.8 Å². The number of primary amides is 1. The average Bonchev–Trinajstić information content (AvgIpc) is 3.31. The predicted octanol–water partition coefficient (Wildman–Crippen LogP) is 3.54. The van der Waals surface area contributed by atoms with Crippen molar-refractivity contribution >= 4 is 47.0 Å². The molecule has 2 aliphatic heterocycles. The molecule has 4 N–H and O–H groups in total. The smallest absolute Gasteiger partial charge is 0.271 e. The number of carbonyl (C=O) groups is 2. The van der Waals surface area contributed by atoms with Crippen LogP contribution in [0.5, 0.6) is 5.75 Å². The quantitative estimate of drug-likeness (QED) is 0.428. The van der Waals surface area contributed by atoms with Crippen molar-refractivity contribution in [2.75, 3.05) is 24.4 Å². The lowest BCUT2D eigenvalue weighted by molar-refractivity contribution is -0.455. The first-order valence-electron chi connectivity index (χ1n) is 13.5. The summed E-state index contributed by atoms with van der Waals surface area (Å²) in [6.07, 6.45) is 11.7. The minimum absolute atomic E-state index is 0.00992. The summed E-state index contributed by atoms with van der Waals surface area (Å²) >= 11 is 0. The van der Waals surface area contributed by atoms with Crippen molar-refractivity contribution in [1.82, 2.24) is 10.2 Å². The number of hydrazone groups is 1. The van der Waals surface area contributed by atoms with E-state index in [0.29, 0.717) is 17.4 Å². The molecule has 3 heterocycles. The Kier molecular flexibility index (Phi) is 6.57. The Morgan fingerprint density at radius 1 is 1.20 bits per heavy atom. The minimum atomic E-state index is -1.89. The van der Waals surface area contributed by atoms with Gasteiger partial charge in [-0.05, 0) is 56.1 Å². The molecule has 2 aliphatic carbocycles. The van der Waals surface area contributed by atoms with Crippen molar-refractivity contribution in [2.24, 2.45) is 16.8 Å². The normalized spacial score (nSPS) is 25.3. The van der Waals surface area contributed by atoms with E-state index in [2.05, 4.69) is 32.1 Å². The first kappa shape index (κ1) is 26.1. The fourth-order valence-electron chi connectivity index (χ4n) is 5.75. The molecule has 1 saturated heterocycles. The van der Waals surface area contributed by atoms with Gasteiger partial charge in [-0.3, -0.25) is 9.59 Å². The van der Waals surface area contributed by atoms with Crippen LogP contribution in [0.4, 0.5) is 21.6 Å². The Labute approximate surface area is 230 Å². The summed E-state index contributed by atoms with van der Waals surface area (Å²) < 4.78 is 27.9. The number of carbonyl (C=O) groups excluding carboxylic acids is 2. The molecule has 2 aromatic rings. The van der Waals surface area contributed by atoms with Gasteiger partial charge in [0, 0.05) is 18.2 Å². The number of anilines is 3. The van der Waals surface area contributed by atoms with Gasteiger partial charge in [0.2, 0.25) is 6.20 Å². The molecule has 12 heteroatoms. The number of nitrogens with zero attached hydrogens (tertiary/aromatic N) is 4. The first-order valence-corrected chi connectivity index (χ1v) is 13.5. The number of rotatable bonds is 8. The third-order valence-electron chi connectivity index (χ3n) is 8.02. The lowest BCUT2D eigenvalue weighted by Gasteiger charge is -2.26. The molecule has 208 valence electrons. The summed E-state index contributed by atoms with van der Waals surface area (Å²) in [4.78, 5) is 24.2. The number of ether oxygens (including phenoxy) is 2. The molecular formula is C28H31FN7O4+. The van der Waals surface area contributed by atoms with E-state index >= 15 is 0 Å². The number of methoxy groups -OCH3 is 1. The van der Waals surface area contributed by atoms with Crippen LogP contribution in [0, 0.1) is 5.92 Å². The molecule has 0 bridgehead atoms. The van der Waals surface area contributed by atoms with Gasteiger partial charge in [-0.2, -0.15) is 0 Å². The summed E-state index contributed by atoms with van der Waals surface area (Å²) in [6.45, 7) is 0.820. The van der Waals surface area contributed by atoms with E-state index in [9.17, 15) is 14.0 Å². The number of allylic oxidation sites excluding steroid dienone is 1. The van der Waals surface area contributed by atoms with E-state index in [-0.39, 0.29) is 35.6 Å². The number of hydrogen-bond donors (Lipinski definition) is 3. The lowest BCUT2D eigenvalue weighted by Crippen LogP contribution is -2.34. The Hall–Kier alpha value is -4.19. The first-order chi connectivity index (χ1) is 19.3. The third kappa shape index (κ3) is 4.83. The highest BCUT2D eigenvalue weighted by Gasteiger charge is 2.51. The number of benzene rings is 1. The summed E-state index contributed by atoms with van der Waals surface area (Å²) in [5.74, 6) is -0.817. The predicted molar refractivity (Wildman–Crippen MR) is 147 cm³/mol. The van der Waals surface area contributed by atoms with Crippen LogP contribution in [0.1, 0.15) is 61.0 Å². The van der Waals surface area contributed by atoms with Crippen molar-refractivity contribution < 1.29 is 28.1 Å². The Morgan fingerprint density at radius 3 is 2.75 bits per heavy atom.